The van der Waals surface area contributed by atoms with Gasteiger partial charge in [-0.15, -0.1) is 0 Å². The lowest BCUT2D eigenvalue weighted by atomic mass is 10.1. The number of carboxylic acid groups (broad SMARTS) is 1. The third kappa shape index (κ3) is 2.31. The number of methoxy groups -OCH3 is 1. The molecule has 0 unspecified atom stereocenters. The number of rotatable bonds is 4. The van der Waals surface area contributed by atoms with Gasteiger partial charge < -0.3 is 14.4 Å². The van der Waals surface area contributed by atoms with E-state index in [1.165, 1.54) is 0 Å². The molecule has 0 amide bonds. The van der Waals surface area contributed by atoms with Crippen molar-refractivity contribution in [1.29, 1.82) is 0 Å². The summed E-state index contributed by atoms with van der Waals surface area (Å²) in [6.07, 6.45) is 0. The van der Waals surface area contributed by atoms with Crippen LogP contribution in [0.4, 0.5) is 0 Å². The van der Waals surface area contributed by atoms with Crippen molar-refractivity contribution in [2.24, 2.45) is 0 Å². The number of carboxylic acids is 1. The number of fused-ring (bicyclic) bond motifs is 1. The number of aromatic carboxylic acids is 1. The molecule has 0 spiro atoms. The van der Waals surface area contributed by atoms with Gasteiger partial charge in [0.05, 0.1) is 12.1 Å². The first-order valence-corrected chi connectivity index (χ1v) is 6.43. The average Bonchev–Trinajstić information content (AvgIpc) is 2.64. The fourth-order valence-corrected chi connectivity index (χ4v) is 2.67. The second-order valence-electron chi connectivity index (χ2n) is 4.18. The summed E-state index contributed by atoms with van der Waals surface area (Å²) in [6.45, 7) is 2.75. The fraction of sp³-hybridized carbons (Fsp3) is 0.308. The van der Waals surface area contributed by atoms with Gasteiger partial charge in [0.25, 0.3) is 0 Å². The Bertz CT molecular complexity index is 649. The predicted octanol–water partition coefficient (Wildman–Crippen LogP) is 3.60. The second-order valence-corrected chi connectivity index (χ2v) is 4.95. The maximum atomic E-state index is 11.4. The minimum atomic E-state index is -1.05. The first kappa shape index (κ1) is 14.2. The van der Waals surface area contributed by atoms with E-state index in [9.17, 15) is 9.90 Å². The highest BCUT2D eigenvalue weighted by atomic mass is 35.5. The van der Waals surface area contributed by atoms with Crippen molar-refractivity contribution in [3.05, 3.63) is 33.4 Å². The molecule has 0 bridgehead atoms. The van der Waals surface area contributed by atoms with Crippen molar-refractivity contribution in [2.75, 3.05) is 13.7 Å². The fourth-order valence-electron chi connectivity index (χ4n) is 2.17. The van der Waals surface area contributed by atoms with Crippen molar-refractivity contribution in [3.8, 4) is 0 Å². The normalized spacial score (nSPS) is 11.2. The molecule has 0 saturated heterocycles. The lowest BCUT2D eigenvalue weighted by Gasteiger charge is -2.09. The number of aryl methyl sites for hydroxylation is 1. The largest absolute Gasteiger partial charge is 0.478 e. The molecule has 0 atom stereocenters. The third-order valence-electron chi connectivity index (χ3n) is 3.08. The van der Waals surface area contributed by atoms with Crippen LogP contribution in [0.2, 0.25) is 10.2 Å². The van der Waals surface area contributed by atoms with Gasteiger partial charge in [0.2, 0.25) is 0 Å². The molecule has 0 aliphatic carbocycles. The summed E-state index contributed by atoms with van der Waals surface area (Å²) in [5.74, 6) is -1.05. The van der Waals surface area contributed by atoms with Crippen molar-refractivity contribution < 1.29 is 14.6 Å². The molecule has 19 heavy (non-hydrogen) atoms. The molecule has 2 rings (SSSR count). The second kappa shape index (κ2) is 5.41. The van der Waals surface area contributed by atoms with Gasteiger partial charge >= 0.3 is 5.97 Å². The molecule has 1 aromatic heterocycles. The Hall–Kier alpha value is -1.23. The van der Waals surface area contributed by atoms with E-state index in [1.54, 1.807) is 23.8 Å². The number of benzene rings is 1. The van der Waals surface area contributed by atoms with E-state index in [-0.39, 0.29) is 10.7 Å². The third-order valence-corrected chi connectivity index (χ3v) is 3.88. The molecule has 1 heterocycles. The standard InChI is InChI=1S/C13H13Cl2NO3/c1-7-9(14)4-3-8-10(13(17)18)12(15)16(11(7)8)5-6-19-2/h3-4H,5-6H2,1-2H3,(H,17,18). The molecule has 0 saturated carbocycles. The molecular formula is C13H13Cl2NO3. The van der Waals surface area contributed by atoms with Crippen LogP contribution in [-0.2, 0) is 11.3 Å². The number of halogens is 2. The summed E-state index contributed by atoms with van der Waals surface area (Å²) < 4.78 is 6.76. The van der Waals surface area contributed by atoms with Crippen molar-refractivity contribution in [1.82, 2.24) is 4.57 Å². The lowest BCUT2D eigenvalue weighted by molar-refractivity contribution is 0.0699. The van der Waals surface area contributed by atoms with E-state index < -0.39 is 5.97 Å². The Morgan fingerprint density at radius 3 is 2.68 bits per heavy atom. The Morgan fingerprint density at radius 1 is 1.42 bits per heavy atom. The minimum Gasteiger partial charge on any atom is -0.478 e. The summed E-state index contributed by atoms with van der Waals surface area (Å²) in [5, 5.41) is 10.7. The van der Waals surface area contributed by atoms with Crippen molar-refractivity contribution >= 4 is 40.1 Å². The number of ether oxygens (including phenoxy) is 1. The monoisotopic (exact) mass is 301 g/mol. The van der Waals surface area contributed by atoms with E-state index in [0.717, 1.165) is 11.1 Å². The lowest BCUT2D eigenvalue weighted by Crippen LogP contribution is -2.05. The van der Waals surface area contributed by atoms with E-state index in [4.69, 9.17) is 27.9 Å². The average molecular weight is 302 g/mol. The molecule has 0 aliphatic rings. The topological polar surface area (TPSA) is 51.5 Å². The molecule has 6 heteroatoms. The molecule has 2 aromatic rings. The van der Waals surface area contributed by atoms with E-state index >= 15 is 0 Å². The molecule has 1 N–H and O–H groups in total. The summed E-state index contributed by atoms with van der Waals surface area (Å²) in [6, 6.07) is 3.37. The molecule has 0 radical (unpaired) electrons. The van der Waals surface area contributed by atoms with Crippen LogP contribution in [-0.4, -0.2) is 29.4 Å². The van der Waals surface area contributed by atoms with Crippen LogP contribution >= 0.6 is 23.2 Å². The smallest absolute Gasteiger partial charge is 0.339 e. The van der Waals surface area contributed by atoms with Crippen LogP contribution in [0.5, 0.6) is 0 Å². The Morgan fingerprint density at radius 2 is 2.11 bits per heavy atom. The van der Waals surface area contributed by atoms with Gasteiger partial charge in [-0.1, -0.05) is 29.3 Å². The van der Waals surface area contributed by atoms with Gasteiger partial charge in [0, 0.05) is 24.1 Å². The quantitative estimate of drug-likeness (QED) is 0.938. The highest BCUT2D eigenvalue weighted by molar-refractivity contribution is 6.36. The van der Waals surface area contributed by atoms with Crippen molar-refractivity contribution in [2.45, 2.75) is 13.5 Å². The van der Waals surface area contributed by atoms with Gasteiger partial charge in [-0.05, 0) is 18.6 Å². The van der Waals surface area contributed by atoms with Crippen LogP contribution in [0.3, 0.4) is 0 Å². The number of carbonyl (C=O) groups is 1. The van der Waals surface area contributed by atoms with Crippen LogP contribution < -0.4 is 0 Å². The Labute approximate surface area is 120 Å². The van der Waals surface area contributed by atoms with Crippen LogP contribution in [0.25, 0.3) is 10.9 Å². The molecule has 0 fully saturated rings. The Kier molecular flexibility index (Phi) is 4.04. The number of hydrogen-bond acceptors (Lipinski definition) is 2. The highest BCUT2D eigenvalue weighted by Gasteiger charge is 2.22. The summed E-state index contributed by atoms with van der Waals surface area (Å²) in [5.41, 5.74) is 1.66. The van der Waals surface area contributed by atoms with E-state index in [1.807, 2.05) is 6.92 Å². The molecule has 4 nitrogen and oxygen atoms in total. The van der Waals surface area contributed by atoms with Crippen molar-refractivity contribution in [3.63, 3.8) is 0 Å². The van der Waals surface area contributed by atoms with Gasteiger partial charge in [-0.25, -0.2) is 4.79 Å². The zero-order valence-corrected chi connectivity index (χ0v) is 12.0. The zero-order valence-electron chi connectivity index (χ0n) is 10.5. The van der Waals surface area contributed by atoms with Crippen LogP contribution in [0.15, 0.2) is 12.1 Å². The van der Waals surface area contributed by atoms with Crippen LogP contribution in [0.1, 0.15) is 15.9 Å². The van der Waals surface area contributed by atoms with Gasteiger partial charge in [0.15, 0.2) is 0 Å². The highest BCUT2D eigenvalue weighted by Crippen LogP contribution is 2.34. The number of hydrogen-bond donors (Lipinski definition) is 1. The van der Waals surface area contributed by atoms with Crippen LogP contribution in [0, 0.1) is 6.92 Å². The SMILES string of the molecule is COCCn1c(Cl)c(C(=O)O)c2ccc(Cl)c(C)c21. The predicted molar refractivity (Wildman–Crippen MR) is 75.5 cm³/mol. The zero-order chi connectivity index (χ0) is 14.2. The number of aromatic nitrogens is 1. The molecular weight excluding hydrogens is 289 g/mol. The summed E-state index contributed by atoms with van der Waals surface area (Å²) in [7, 11) is 1.58. The number of nitrogens with zero attached hydrogens (tertiary/aromatic N) is 1. The first-order chi connectivity index (χ1) is 8.99. The molecule has 102 valence electrons. The van der Waals surface area contributed by atoms with E-state index in [2.05, 4.69) is 0 Å². The van der Waals surface area contributed by atoms with Gasteiger partial charge in [-0.3, -0.25) is 0 Å². The first-order valence-electron chi connectivity index (χ1n) is 5.68. The summed E-state index contributed by atoms with van der Waals surface area (Å²) >= 11 is 12.3. The minimum absolute atomic E-state index is 0.104. The summed E-state index contributed by atoms with van der Waals surface area (Å²) in [4.78, 5) is 11.4. The maximum Gasteiger partial charge on any atom is 0.339 e. The Balaban J connectivity index is 2.81. The molecule has 0 aliphatic heterocycles. The molecule has 1 aromatic carbocycles. The van der Waals surface area contributed by atoms with Gasteiger partial charge in [0.1, 0.15) is 10.7 Å². The maximum absolute atomic E-state index is 11.4. The van der Waals surface area contributed by atoms with Gasteiger partial charge in [-0.2, -0.15) is 0 Å². The van der Waals surface area contributed by atoms with E-state index in [0.29, 0.717) is 23.6 Å².